The van der Waals surface area contributed by atoms with Gasteiger partial charge >= 0.3 is 5.97 Å². The van der Waals surface area contributed by atoms with Crippen LogP contribution in [0.4, 0.5) is 11.5 Å². The van der Waals surface area contributed by atoms with Crippen LogP contribution in [-0.4, -0.2) is 35.6 Å². The second-order valence-electron chi connectivity index (χ2n) is 5.96. The molecule has 1 fully saturated rings. The van der Waals surface area contributed by atoms with E-state index in [-0.39, 0.29) is 22.6 Å². The minimum absolute atomic E-state index is 0.100. The summed E-state index contributed by atoms with van der Waals surface area (Å²) in [6.07, 6.45) is 1.82. The van der Waals surface area contributed by atoms with E-state index in [2.05, 4.69) is 4.98 Å². The van der Waals surface area contributed by atoms with Gasteiger partial charge in [-0.15, -0.1) is 0 Å². The third-order valence-corrected chi connectivity index (χ3v) is 4.68. The van der Waals surface area contributed by atoms with Gasteiger partial charge < -0.3 is 9.64 Å². The minimum Gasteiger partial charge on any atom is -0.466 e. The maximum atomic E-state index is 12.4. The summed E-state index contributed by atoms with van der Waals surface area (Å²) in [5.74, 6) is 0.350. The molecule has 1 saturated heterocycles. The number of nitro groups is 1. The van der Waals surface area contributed by atoms with E-state index in [1.165, 1.54) is 12.3 Å². The predicted octanol–water partition coefficient (Wildman–Crippen LogP) is 3.06. The second kappa shape index (κ2) is 6.70. The van der Waals surface area contributed by atoms with Crippen LogP contribution in [0.3, 0.4) is 0 Å². The highest BCUT2D eigenvalue weighted by molar-refractivity contribution is 6.33. The van der Waals surface area contributed by atoms with Crippen molar-refractivity contribution >= 4 is 29.1 Å². The maximum absolute atomic E-state index is 12.4. The molecule has 2 rings (SSSR count). The van der Waals surface area contributed by atoms with Crippen molar-refractivity contribution in [2.75, 3.05) is 24.6 Å². The van der Waals surface area contributed by atoms with Crippen LogP contribution in [0.2, 0.25) is 5.02 Å². The Bertz CT molecular complexity index is 623. The number of nitrogens with zero attached hydrogens (tertiary/aromatic N) is 3. The Hall–Kier alpha value is -1.89. The molecule has 0 saturated carbocycles. The summed E-state index contributed by atoms with van der Waals surface area (Å²) in [5.41, 5.74) is -0.763. The number of aromatic nitrogens is 1. The van der Waals surface area contributed by atoms with Crippen molar-refractivity contribution in [2.24, 2.45) is 11.3 Å². The van der Waals surface area contributed by atoms with Crippen LogP contribution in [0.5, 0.6) is 0 Å². The SMILES string of the molecule is CCOC(=O)C1(C(C)C)CCN(c2ncc([N+](=O)[O-])cc2Cl)C1. The Morgan fingerprint density at radius 2 is 2.30 bits per heavy atom. The topological polar surface area (TPSA) is 85.6 Å². The van der Waals surface area contributed by atoms with Crippen molar-refractivity contribution in [3.8, 4) is 0 Å². The van der Waals surface area contributed by atoms with E-state index in [9.17, 15) is 14.9 Å². The number of ether oxygens (including phenoxy) is 1. The third-order valence-electron chi connectivity index (χ3n) is 4.41. The van der Waals surface area contributed by atoms with E-state index in [4.69, 9.17) is 16.3 Å². The molecule has 8 heteroatoms. The molecule has 1 aliphatic heterocycles. The van der Waals surface area contributed by atoms with Crippen molar-refractivity contribution in [3.63, 3.8) is 0 Å². The average molecular weight is 342 g/mol. The van der Waals surface area contributed by atoms with Gasteiger partial charge in [0.15, 0.2) is 0 Å². The number of anilines is 1. The summed E-state index contributed by atoms with van der Waals surface area (Å²) >= 11 is 6.14. The number of pyridine rings is 1. The molecule has 0 aromatic carbocycles. The lowest BCUT2D eigenvalue weighted by atomic mass is 9.76. The zero-order chi connectivity index (χ0) is 17.2. The lowest BCUT2D eigenvalue weighted by Gasteiger charge is -2.31. The average Bonchev–Trinajstić information content (AvgIpc) is 2.93. The maximum Gasteiger partial charge on any atom is 0.314 e. The molecular weight excluding hydrogens is 322 g/mol. The molecule has 1 aromatic heterocycles. The van der Waals surface area contributed by atoms with Crippen molar-refractivity contribution in [2.45, 2.75) is 27.2 Å². The van der Waals surface area contributed by atoms with Gasteiger partial charge in [-0.05, 0) is 19.3 Å². The molecule has 7 nitrogen and oxygen atoms in total. The highest BCUT2D eigenvalue weighted by atomic mass is 35.5. The van der Waals surface area contributed by atoms with E-state index in [1.54, 1.807) is 6.92 Å². The zero-order valence-corrected chi connectivity index (χ0v) is 14.2. The number of carbonyl (C=O) groups is 1. The molecule has 23 heavy (non-hydrogen) atoms. The van der Waals surface area contributed by atoms with Gasteiger partial charge in [0.1, 0.15) is 12.0 Å². The molecule has 1 aliphatic rings. The van der Waals surface area contributed by atoms with Gasteiger partial charge in [0.25, 0.3) is 5.69 Å². The van der Waals surface area contributed by atoms with Gasteiger partial charge in [-0.1, -0.05) is 25.4 Å². The quantitative estimate of drug-likeness (QED) is 0.465. The number of halogens is 1. The Kier molecular flexibility index (Phi) is 5.09. The van der Waals surface area contributed by atoms with Crippen molar-refractivity contribution in [1.82, 2.24) is 4.98 Å². The van der Waals surface area contributed by atoms with Crippen molar-refractivity contribution in [3.05, 3.63) is 27.4 Å². The fraction of sp³-hybridized carbons (Fsp3) is 0.600. The molecule has 126 valence electrons. The molecule has 0 bridgehead atoms. The normalized spacial score (nSPS) is 20.8. The number of hydrogen-bond donors (Lipinski definition) is 0. The fourth-order valence-corrected chi connectivity index (χ4v) is 3.20. The first-order valence-corrected chi connectivity index (χ1v) is 7.91. The summed E-state index contributed by atoms with van der Waals surface area (Å²) in [4.78, 5) is 28.7. The molecule has 0 spiro atoms. The van der Waals surface area contributed by atoms with Crippen LogP contribution in [0.15, 0.2) is 12.3 Å². The minimum atomic E-state index is -0.608. The van der Waals surface area contributed by atoms with Crippen LogP contribution in [-0.2, 0) is 9.53 Å². The lowest BCUT2D eigenvalue weighted by Crippen LogP contribution is -2.40. The van der Waals surface area contributed by atoms with Gasteiger partial charge in [0.05, 0.1) is 22.0 Å². The van der Waals surface area contributed by atoms with Crippen LogP contribution < -0.4 is 4.90 Å². The first-order valence-electron chi connectivity index (χ1n) is 7.54. The second-order valence-corrected chi connectivity index (χ2v) is 6.37. The van der Waals surface area contributed by atoms with Gasteiger partial charge in [0.2, 0.25) is 0 Å². The van der Waals surface area contributed by atoms with E-state index >= 15 is 0 Å². The van der Waals surface area contributed by atoms with Crippen molar-refractivity contribution < 1.29 is 14.5 Å². The lowest BCUT2D eigenvalue weighted by molar-refractivity contribution is -0.385. The van der Waals surface area contributed by atoms with E-state index in [1.807, 2.05) is 18.7 Å². The summed E-state index contributed by atoms with van der Waals surface area (Å²) < 4.78 is 5.25. The molecule has 1 unspecified atom stereocenters. The van der Waals surface area contributed by atoms with Gasteiger partial charge in [-0.2, -0.15) is 0 Å². The smallest absolute Gasteiger partial charge is 0.314 e. The van der Waals surface area contributed by atoms with Crippen LogP contribution in [0.1, 0.15) is 27.2 Å². The first-order chi connectivity index (χ1) is 10.8. The Labute approximate surface area is 139 Å². The van der Waals surface area contributed by atoms with Crippen LogP contribution in [0, 0.1) is 21.4 Å². The Morgan fingerprint density at radius 1 is 1.61 bits per heavy atom. The predicted molar refractivity (Wildman–Crippen MR) is 86.6 cm³/mol. The van der Waals surface area contributed by atoms with Gasteiger partial charge in [-0.25, -0.2) is 4.98 Å². The number of rotatable bonds is 5. The Morgan fingerprint density at radius 3 is 2.83 bits per heavy atom. The largest absolute Gasteiger partial charge is 0.466 e. The highest BCUT2D eigenvalue weighted by Gasteiger charge is 2.48. The molecule has 0 amide bonds. The van der Waals surface area contributed by atoms with Crippen LogP contribution in [0.25, 0.3) is 0 Å². The zero-order valence-electron chi connectivity index (χ0n) is 13.4. The first kappa shape index (κ1) is 17.5. The number of carbonyl (C=O) groups excluding carboxylic acids is 1. The summed E-state index contributed by atoms with van der Waals surface area (Å²) in [7, 11) is 0. The van der Waals surface area contributed by atoms with E-state index < -0.39 is 10.3 Å². The van der Waals surface area contributed by atoms with Gasteiger partial charge in [0, 0.05) is 19.2 Å². The molecule has 1 atom stereocenters. The molecule has 1 aromatic rings. The molecule has 0 aliphatic carbocycles. The Balaban J connectivity index is 2.27. The summed E-state index contributed by atoms with van der Waals surface area (Å²) in [6, 6.07) is 1.28. The van der Waals surface area contributed by atoms with E-state index in [0.717, 1.165) is 0 Å². The number of esters is 1. The summed E-state index contributed by atoms with van der Waals surface area (Å²) in [5, 5.41) is 11.0. The van der Waals surface area contributed by atoms with Crippen molar-refractivity contribution in [1.29, 1.82) is 0 Å². The molecular formula is C15H20ClN3O4. The molecule has 0 radical (unpaired) electrons. The summed E-state index contributed by atoms with van der Waals surface area (Å²) in [6.45, 7) is 7.14. The monoisotopic (exact) mass is 341 g/mol. The number of hydrogen-bond acceptors (Lipinski definition) is 6. The molecule has 0 N–H and O–H groups in total. The molecule has 2 heterocycles. The highest BCUT2D eigenvalue weighted by Crippen LogP contribution is 2.42. The standard InChI is InChI=1S/C15H20ClN3O4/c1-4-23-14(20)15(10(2)3)5-6-18(9-15)13-12(16)7-11(8-17-13)19(21)22/h7-8,10H,4-6,9H2,1-3H3. The van der Waals surface area contributed by atoms with E-state index in [0.29, 0.717) is 31.9 Å². The third kappa shape index (κ3) is 3.24. The van der Waals surface area contributed by atoms with Crippen LogP contribution >= 0.6 is 11.6 Å². The fourth-order valence-electron chi connectivity index (χ4n) is 2.92. The van der Waals surface area contributed by atoms with Gasteiger partial charge in [-0.3, -0.25) is 14.9 Å².